The monoisotopic (exact) mass is 570 g/mol. The number of rotatable bonds is 14. The molecule has 0 unspecified atom stereocenters. The summed E-state index contributed by atoms with van der Waals surface area (Å²) >= 11 is 0. The molecule has 222 valence electrons. The van der Waals surface area contributed by atoms with E-state index in [1.807, 2.05) is 60.7 Å². The Morgan fingerprint density at radius 3 is 2.19 bits per heavy atom. The van der Waals surface area contributed by atoms with Crippen LogP contribution in [0.4, 0.5) is 0 Å². The molecule has 2 aliphatic carbocycles. The van der Waals surface area contributed by atoms with Gasteiger partial charge in [-0.2, -0.15) is 0 Å². The van der Waals surface area contributed by atoms with E-state index in [4.69, 9.17) is 0 Å². The maximum Gasteiger partial charge on any atom is 0.289 e. The standard InChI is InChI=1S/C35H42N2O5/c38-30(20-19-25-11-4-1-5-12-25)22-29(21-26-13-6-2-7-14-26)34(41)37-31(23-28-17-10-18-32(28)39)33(40)35(42)36-24-27-15-8-3-9-16-27/h1,3-5,8-9,11-12,15-16,19-20,26,28-29,31H,2,6-7,10,13-14,17-18,21-24H2,(H,36,42)(H,37,41)/b20-19+/t28-,29+,31-/m0/s1. The minimum Gasteiger partial charge on any atom is -0.345 e. The van der Waals surface area contributed by atoms with Gasteiger partial charge in [0.15, 0.2) is 5.78 Å². The molecule has 0 heterocycles. The first-order valence-electron chi connectivity index (χ1n) is 15.3. The summed E-state index contributed by atoms with van der Waals surface area (Å²) in [6, 6.07) is 17.6. The van der Waals surface area contributed by atoms with Crippen molar-refractivity contribution in [3.63, 3.8) is 0 Å². The molecule has 2 aromatic rings. The molecule has 0 aromatic heterocycles. The third-order valence-corrected chi connectivity index (χ3v) is 8.53. The van der Waals surface area contributed by atoms with Crippen LogP contribution >= 0.6 is 0 Å². The Kier molecular flexibility index (Phi) is 11.8. The summed E-state index contributed by atoms with van der Waals surface area (Å²) in [5, 5.41) is 5.49. The molecule has 2 aliphatic rings. The minimum atomic E-state index is -1.12. The van der Waals surface area contributed by atoms with Crippen LogP contribution in [0.5, 0.6) is 0 Å². The van der Waals surface area contributed by atoms with Crippen molar-refractivity contribution in [3.05, 3.63) is 77.9 Å². The number of hydrogen-bond acceptors (Lipinski definition) is 5. The zero-order chi connectivity index (χ0) is 29.7. The molecule has 4 rings (SSSR count). The summed E-state index contributed by atoms with van der Waals surface area (Å²) in [4.78, 5) is 65.5. The molecule has 3 atom stereocenters. The maximum absolute atomic E-state index is 13.7. The molecule has 2 aromatic carbocycles. The third kappa shape index (κ3) is 9.61. The fourth-order valence-corrected chi connectivity index (χ4v) is 6.14. The van der Waals surface area contributed by atoms with Gasteiger partial charge in [-0.05, 0) is 48.8 Å². The first-order valence-corrected chi connectivity index (χ1v) is 15.3. The summed E-state index contributed by atoms with van der Waals surface area (Å²) in [5.74, 6) is -2.71. The summed E-state index contributed by atoms with van der Waals surface area (Å²) in [7, 11) is 0. The van der Waals surface area contributed by atoms with Crippen molar-refractivity contribution in [3.8, 4) is 0 Å². The van der Waals surface area contributed by atoms with E-state index >= 15 is 0 Å². The predicted octanol–water partition coefficient (Wildman–Crippen LogP) is 5.38. The smallest absolute Gasteiger partial charge is 0.289 e. The van der Waals surface area contributed by atoms with Crippen molar-refractivity contribution in [2.75, 3.05) is 0 Å². The summed E-state index contributed by atoms with van der Waals surface area (Å²) < 4.78 is 0. The van der Waals surface area contributed by atoms with Crippen molar-refractivity contribution in [2.24, 2.45) is 17.8 Å². The largest absolute Gasteiger partial charge is 0.345 e. The Morgan fingerprint density at radius 1 is 0.833 bits per heavy atom. The van der Waals surface area contributed by atoms with Gasteiger partial charge in [0.05, 0.1) is 6.04 Å². The number of allylic oxidation sites excluding steroid dienone is 1. The van der Waals surface area contributed by atoms with Crippen LogP contribution in [-0.2, 0) is 30.5 Å². The second-order valence-electron chi connectivity index (χ2n) is 11.7. The molecule has 0 bridgehead atoms. The van der Waals surface area contributed by atoms with Crippen molar-refractivity contribution in [1.82, 2.24) is 10.6 Å². The van der Waals surface area contributed by atoms with E-state index in [2.05, 4.69) is 10.6 Å². The molecule has 2 saturated carbocycles. The highest BCUT2D eigenvalue weighted by atomic mass is 16.2. The summed E-state index contributed by atoms with van der Waals surface area (Å²) in [6.45, 7) is 0.182. The van der Waals surface area contributed by atoms with Crippen LogP contribution in [0.2, 0.25) is 0 Å². The highest BCUT2D eigenvalue weighted by Gasteiger charge is 2.36. The van der Waals surface area contributed by atoms with Gasteiger partial charge in [0.1, 0.15) is 5.78 Å². The lowest BCUT2D eigenvalue weighted by Crippen LogP contribution is -2.50. The van der Waals surface area contributed by atoms with Crippen molar-refractivity contribution in [2.45, 2.75) is 83.2 Å². The van der Waals surface area contributed by atoms with Crippen LogP contribution in [0.25, 0.3) is 6.08 Å². The van der Waals surface area contributed by atoms with E-state index in [-0.39, 0.29) is 36.9 Å². The van der Waals surface area contributed by atoms with Gasteiger partial charge in [0.2, 0.25) is 11.7 Å². The second-order valence-corrected chi connectivity index (χ2v) is 11.7. The van der Waals surface area contributed by atoms with E-state index in [1.54, 1.807) is 6.08 Å². The number of ketones is 3. The fraction of sp³-hybridized carbons (Fsp3) is 0.457. The van der Waals surface area contributed by atoms with Gasteiger partial charge in [-0.1, -0.05) is 98.8 Å². The lowest BCUT2D eigenvalue weighted by molar-refractivity contribution is -0.141. The lowest BCUT2D eigenvalue weighted by Gasteiger charge is -2.27. The molecule has 2 fully saturated rings. The Morgan fingerprint density at radius 2 is 1.52 bits per heavy atom. The predicted molar refractivity (Wildman–Crippen MR) is 162 cm³/mol. The Balaban J connectivity index is 1.47. The number of benzene rings is 2. The third-order valence-electron chi connectivity index (χ3n) is 8.53. The Hall–Kier alpha value is -3.87. The average molecular weight is 571 g/mol. The first kappa shape index (κ1) is 31.1. The molecule has 0 radical (unpaired) electrons. The number of hydrogen-bond donors (Lipinski definition) is 2. The topological polar surface area (TPSA) is 109 Å². The van der Waals surface area contributed by atoms with Crippen molar-refractivity contribution >= 4 is 35.2 Å². The van der Waals surface area contributed by atoms with Crippen LogP contribution in [0, 0.1) is 17.8 Å². The maximum atomic E-state index is 13.7. The van der Waals surface area contributed by atoms with Gasteiger partial charge in [-0.25, -0.2) is 0 Å². The van der Waals surface area contributed by atoms with E-state index in [0.717, 1.165) is 43.2 Å². The molecular weight excluding hydrogens is 528 g/mol. The van der Waals surface area contributed by atoms with Gasteiger partial charge in [-0.15, -0.1) is 0 Å². The SMILES string of the molecule is O=C(/C=C/c1ccccc1)C[C@@H](CC1CCCCC1)C(=O)N[C@@H](C[C@@H]1CCCC1=O)C(=O)C(=O)NCc1ccccc1. The number of amides is 2. The van der Waals surface area contributed by atoms with E-state index < -0.39 is 29.6 Å². The Labute approximate surface area is 248 Å². The average Bonchev–Trinajstić information content (AvgIpc) is 3.43. The summed E-state index contributed by atoms with van der Waals surface area (Å²) in [5.41, 5.74) is 1.74. The molecule has 2 N–H and O–H groups in total. The Bertz CT molecular complexity index is 1250. The molecule has 0 aliphatic heterocycles. The van der Waals surface area contributed by atoms with E-state index in [0.29, 0.717) is 25.2 Å². The van der Waals surface area contributed by atoms with Crippen LogP contribution in [0.1, 0.15) is 81.8 Å². The van der Waals surface area contributed by atoms with Gasteiger partial charge in [0.25, 0.3) is 5.91 Å². The molecular formula is C35H42N2O5. The van der Waals surface area contributed by atoms with Crippen LogP contribution in [-0.4, -0.2) is 35.2 Å². The highest BCUT2D eigenvalue weighted by molar-refractivity contribution is 6.38. The van der Waals surface area contributed by atoms with E-state index in [1.165, 1.54) is 12.5 Å². The van der Waals surface area contributed by atoms with Gasteiger partial charge in [0, 0.05) is 31.2 Å². The number of carbonyl (C=O) groups is 5. The fourth-order valence-electron chi connectivity index (χ4n) is 6.14. The number of carbonyl (C=O) groups excluding carboxylic acids is 5. The molecule has 7 heteroatoms. The van der Waals surface area contributed by atoms with Gasteiger partial charge in [-0.3, -0.25) is 24.0 Å². The minimum absolute atomic E-state index is 0.0230. The molecule has 0 saturated heterocycles. The van der Waals surface area contributed by atoms with Crippen molar-refractivity contribution < 1.29 is 24.0 Å². The zero-order valence-electron chi connectivity index (χ0n) is 24.3. The molecule has 42 heavy (non-hydrogen) atoms. The second kappa shape index (κ2) is 15.9. The van der Waals surface area contributed by atoms with Crippen LogP contribution < -0.4 is 10.6 Å². The van der Waals surface area contributed by atoms with Crippen LogP contribution in [0.15, 0.2) is 66.7 Å². The molecule has 0 spiro atoms. The summed E-state index contributed by atoms with van der Waals surface area (Å²) in [6.07, 6.45) is 11.2. The zero-order valence-corrected chi connectivity index (χ0v) is 24.3. The quantitative estimate of drug-likeness (QED) is 0.234. The lowest BCUT2D eigenvalue weighted by atomic mass is 9.80. The molecule has 7 nitrogen and oxygen atoms in total. The molecule has 2 amide bonds. The van der Waals surface area contributed by atoms with Gasteiger partial charge < -0.3 is 10.6 Å². The highest BCUT2D eigenvalue weighted by Crippen LogP contribution is 2.31. The number of nitrogens with one attached hydrogen (secondary N) is 2. The van der Waals surface area contributed by atoms with Gasteiger partial charge >= 0.3 is 0 Å². The van der Waals surface area contributed by atoms with Crippen molar-refractivity contribution in [1.29, 1.82) is 0 Å². The first-order chi connectivity index (χ1) is 20.4. The number of Topliss-reactive ketones (excluding diaryl/α,β-unsaturated/α-hetero) is 2. The van der Waals surface area contributed by atoms with E-state index in [9.17, 15) is 24.0 Å². The van der Waals surface area contributed by atoms with Crippen LogP contribution in [0.3, 0.4) is 0 Å². The normalized spacial score (nSPS) is 18.9.